The third-order valence-electron chi connectivity index (χ3n) is 3.43. The first-order chi connectivity index (χ1) is 9.70. The van der Waals surface area contributed by atoms with Gasteiger partial charge in [0.25, 0.3) is 0 Å². The third kappa shape index (κ3) is 2.39. The molecule has 102 valence electrons. The minimum absolute atomic E-state index is 0.118. The second kappa shape index (κ2) is 5.64. The van der Waals surface area contributed by atoms with E-state index < -0.39 is 0 Å². The lowest BCUT2D eigenvalue weighted by Gasteiger charge is -2.16. The number of aryl methyl sites for hydroxylation is 1. The molecule has 0 spiro atoms. The van der Waals surface area contributed by atoms with E-state index in [1.807, 2.05) is 13.1 Å². The minimum atomic E-state index is 0.118. The van der Waals surface area contributed by atoms with Crippen LogP contribution < -0.4 is 5.32 Å². The summed E-state index contributed by atoms with van der Waals surface area (Å²) < 4.78 is 1.13. The molecule has 0 aliphatic rings. The predicted molar refractivity (Wildman–Crippen MR) is 89.4 cm³/mol. The summed E-state index contributed by atoms with van der Waals surface area (Å²) in [4.78, 5) is 6.09. The number of rotatable bonds is 3. The fourth-order valence-electron chi connectivity index (χ4n) is 2.45. The number of hydrogen-bond acceptors (Lipinski definition) is 3. The lowest BCUT2D eigenvalue weighted by Crippen LogP contribution is -2.18. The van der Waals surface area contributed by atoms with Crippen molar-refractivity contribution in [2.45, 2.75) is 13.0 Å². The number of para-hydroxylation sites is 1. The van der Waals surface area contributed by atoms with E-state index >= 15 is 0 Å². The third-order valence-corrected chi connectivity index (χ3v) is 5.37. The number of hydrogen-bond donors (Lipinski definition) is 1. The first-order valence-corrected chi connectivity index (χ1v) is 8.14. The number of fused-ring (bicyclic) bond motifs is 1. The molecule has 1 N–H and O–H groups in total. The van der Waals surface area contributed by atoms with Gasteiger partial charge in [-0.2, -0.15) is 0 Å². The van der Waals surface area contributed by atoms with E-state index in [1.165, 1.54) is 15.8 Å². The second-order valence-electron chi connectivity index (χ2n) is 4.74. The summed E-state index contributed by atoms with van der Waals surface area (Å²) in [7, 11) is 1.98. The normalized spacial score (nSPS) is 12.8. The highest BCUT2D eigenvalue weighted by Gasteiger charge is 2.18. The summed E-state index contributed by atoms with van der Waals surface area (Å²) in [6.45, 7) is 2.14. The number of halogens is 1. The van der Waals surface area contributed by atoms with E-state index in [0.29, 0.717) is 0 Å². The zero-order chi connectivity index (χ0) is 14.1. The van der Waals surface area contributed by atoms with E-state index in [1.54, 1.807) is 11.3 Å². The van der Waals surface area contributed by atoms with Gasteiger partial charge in [-0.3, -0.25) is 4.98 Å². The van der Waals surface area contributed by atoms with Crippen LogP contribution in [0.1, 0.15) is 22.2 Å². The Balaban J connectivity index is 2.15. The molecule has 2 nitrogen and oxygen atoms in total. The van der Waals surface area contributed by atoms with E-state index in [9.17, 15) is 0 Å². The molecule has 0 bridgehead atoms. The van der Waals surface area contributed by atoms with Crippen molar-refractivity contribution < 1.29 is 0 Å². The first kappa shape index (κ1) is 13.7. The van der Waals surface area contributed by atoms with Crippen LogP contribution in [0.2, 0.25) is 0 Å². The van der Waals surface area contributed by atoms with Crippen molar-refractivity contribution in [2.24, 2.45) is 0 Å². The van der Waals surface area contributed by atoms with Gasteiger partial charge in [-0.05, 0) is 59.0 Å². The number of pyridine rings is 1. The molecule has 0 saturated carbocycles. The maximum Gasteiger partial charge on any atom is 0.0854 e. The van der Waals surface area contributed by atoms with Gasteiger partial charge in [0.05, 0.1) is 17.3 Å². The van der Waals surface area contributed by atoms with Crippen molar-refractivity contribution in [1.82, 2.24) is 10.3 Å². The molecular weight excluding hydrogens is 332 g/mol. The number of nitrogens with zero attached hydrogens (tertiary/aromatic N) is 1. The van der Waals surface area contributed by atoms with Crippen LogP contribution in [0.15, 0.2) is 46.3 Å². The Hall–Kier alpha value is -1.23. The van der Waals surface area contributed by atoms with Crippen molar-refractivity contribution in [3.8, 4) is 0 Å². The largest absolute Gasteiger partial charge is 0.307 e. The Morgan fingerprint density at radius 3 is 2.75 bits per heavy atom. The summed E-state index contributed by atoms with van der Waals surface area (Å²) in [5, 5.41) is 6.69. The van der Waals surface area contributed by atoms with E-state index in [0.717, 1.165) is 15.7 Å². The number of aromatic nitrogens is 1. The fraction of sp³-hybridized carbons (Fsp3) is 0.188. The van der Waals surface area contributed by atoms with Gasteiger partial charge in [0.1, 0.15) is 0 Å². The molecule has 1 aromatic carbocycles. The summed E-state index contributed by atoms with van der Waals surface area (Å²) in [6.07, 6.45) is 0. The molecule has 0 saturated heterocycles. The average Bonchev–Trinajstić information content (AvgIpc) is 2.86. The van der Waals surface area contributed by atoms with Crippen molar-refractivity contribution in [1.29, 1.82) is 0 Å². The molecule has 0 radical (unpaired) electrons. The standard InChI is InChI=1S/C16H15BrN2S/c1-10-9-14(19-13-6-4-3-5-11(10)13)15(18-2)16-12(17)7-8-20-16/h3-9,15,18H,1-2H3. The van der Waals surface area contributed by atoms with Gasteiger partial charge in [-0.25, -0.2) is 0 Å². The quantitative estimate of drug-likeness (QED) is 0.744. The van der Waals surface area contributed by atoms with E-state index in [-0.39, 0.29) is 6.04 Å². The molecule has 1 unspecified atom stereocenters. The molecule has 2 aromatic heterocycles. The van der Waals surface area contributed by atoms with Gasteiger partial charge < -0.3 is 5.32 Å². The highest BCUT2D eigenvalue weighted by molar-refractivity contribution is 9.10. The van der Waals surface area contributed by atoms with E-state index in [4.69, 9.17) is 4.98 Å². The molecule has 0 fully saturated rings. The van der Waals surface area contributed by atoms with Crippen LogP contribution in [-0.2, 0) is 0 Å². The summed E-state index contributed by atoms with van der Waals surface area (Å²) in [6, 6.07) is 12.7. The molecular formula is C16H15BrN2S. The first-order valence-electron chi connectivity index (χ1n) is 6.47. The maximum atomic E-state index is 4.83. The molecule has 3 rings (SSSR count). The van der Waals surface area contributed by atoms with Crippen LogP contribution >= 0.6 is 27.3 Å². The SMILES string of the molecule is CNC(c1cc(C)c2ccccc2n1)c1sccc1Br. The fourth-order valence-corrected chi connectivity index (χ4v) is 4.17. The highest BCUT2D eigenvalue weighted by Crippen LogP contribution is 2.33. The second-order valence-corrected chi connectivity index (χ2v) is 6.54. The van der Waals surface area contributed by atoms with Crippen LogP contribution in [0.4, 0.5) is 0 Å². The molecule has 0 aliphatic carbocycles. The Bertz CT molecular complexity index is 751. The van der Waals surface area contributed by atoms with Gasteiger partial charge >= 0.3 is 0 Å². The zero-order valence-electron chi connectivity index (χ0n) is 11.4. The number of thiophene rings is 1. The average molecular weight is 347 g/mol. The minimum Gasteiger partial charge on any atom is -0.307 e. The van der Waals surface area contributed by atoms with Crippen LogP contribution in [0, 0.1) is 6.92 Å². The van der Waals surface area contributed by atoms with Gasteiger partial charge in [0.2, 0.25) is 0 Å². The Kier molecular flexibility index (Phi) is 3.87. The van der Waals surface area contributed by atoms with Gasteiger partial charge in [-0.15, -0.1) is 11.3 Å². The maximum absolute atomic E-state index is 4.83. The predicted octanol–water partition coefficient (Wildman–Crippen LogP) is 4.68. The molecule has 4 heteroatoms. The van der Waals surface area contributed by atoms with Crippen molar-refractivity contribution in [3.63, 3.8) is 0 Å². The molecule has 20 heavy (non-hydrogen) atoms. The molecule has 0 amide bonds. The van der Waals surface area contributed by atoms with Crippen molar-refractivity contribution in [2.75, 3.05) is 7.05 Å². The zero-order valence-corrected chi connectivity index (χ0v) is 13.8. The van der Waals surface area contributed by atoms with Crippen LogP contribution in [0.3, 0.4) is 0 Å². The van der Waals surface area contributed by atoms with Gasteiger partial charge in [-0.1, -0.05) is 18.2 Å². The number of benzene rings is 1. The summed E-state index contributed by atoms with van der Waals surface area (Å²) >= 11 is 5.35. The van der Waals surface area contributed by atoms with Crippen LogP contribution in [-0.4, -0.2) is 12.0 Å². The topological polar surface area (TPSA) is 24.9 Å². The lowest BCUT2D eigenvalue weighted by molar-refractivity contribution is 0.682. The monoisotopic (exact) mass is 346 g/mol. The Labute approximate surface area is 131 Å². The lowest BCUT2D eigenvalue weighted by atomic mass is 10.1. The van der Waals surface area contributed by atoms with Gasteiger partial charge in [0.15, 0.2) is 0 Å². The van der Waals surface area contributed by atoms with E-state index in [2.05, 4.69) is 63.9 Å². The van der Waals surface area contributed by atoms with Crippen molar-refractivity contribution >= 4 is 38.2 Å². The van der Waals surface area contributed by atoms with Crippen LogP contribution in [0.25, 0.3) is 10.9 Å². The Morgan fingerprint density at radius 2 is 2.05 bits per heavy atom. The highest BCUT2D eigenvalue weighted by atomic mass is 79.9. The molecule has 3 aromatic rings. The van der Waals surface area contributed by atoms with Crippen LogP contribution in [0.5, 0.6) is 0 Å². The summed E-state index contributed by atoms with van der Waals surface area (Å²) in [5.41, 5.74) is 3.38. The molecule has 1 atom stereocenters. The van der Waals surface area contributed by atoms with Crippen molar-refractivity contribution in [3.05, 3.63) is 62.4 Å². The Morgan fingerprint density at radius 1 is 1.25 bits per heavy atom. The number of nitrogens with one attached hydrogen (secondary N) is 1. The smallest absolute Gasteiger partial charge is 0.0854 e. The molecule has 2 heterocycles. The summed E-state index contributed by atoms with van der Waals surface area (Å²) in [5.74, 6) is 0. The van der Waals surface area contributed by atoms with Gasteiger partial charge in [0, 0.05) is 14.7 Å². The molecule has 0 aliphatic heterocycles.